The number of likely N-dealkylation sites (tertiary alicyclic amines) is 1. The molecule has 5 rings (SSSR count). The zero-order valence-corrected chi connectivity index (χ0v) is 18.0. The summed E-state index contributed by atoms with van der Waals surface area (Å²) in [6.45, 7) is 3.51. The smallest absolute Gasteiger partial charge is 0.417 e. The molecule has 1 atom stereocenters. The maximum Gasteiger partial charge on any atom is 0.417 e. The summed E-state index contributed by atoms with van der Waals surface area (Å²) in [4.78, 5) is 16.4. The number of nitrogens with zero attached hydrogens (tertiary/aromatic N) is 1. The second kappa shape index (κ2) is 9.26. The van der Waals surface area contributed by atoms with E-state index in [2.05, 4.69) is 27.3 Å². The highest BCUT2D eigenvalue weighted by Crippen LogP contribution is 2.34. The molecule has 0 saturated carbocycles. The number of aromatic nitrogens is 1. The molecule has 0 amide bonds. The van der Waals surface area contributed by atoms with Crippen molar-refractivity contribution in [3.63, 3.8) is 0 Å². The Bertz CT molecular complexity index is 1120. The van der Waals surface area contributed by atoms with Crippen LogP contribution < -0.4 is 20.5 Å². The molecule has 0 aliphatic carbocycles. The quantitative estimate of drug-likeness (QED) is 0.463. The van der Waals surface area contributed by atoms with Gasteiger partial charge in [-0.1, -0.05) is 6.07 Å². The number of ether oxygens (including phenoxy) is 2. The molecule has 1 aromatic heterocycles. The van der Waals surface area contributed by atoms with Gasteiger partial charge in [0.25, 0.3) is 0 Å². The number of aromatic amines is 1. The van der Waals surface area contributed by atoms with Crippen LogP contribution in [0.4, 0.5) is 5.69 Å². The summed E-state index contributed by atoms with van der Waals surface area (Å²) >= 11 is 0. The van der Waals surface area contributed by atoms with Crippen LogP contribution in [-0.4, -0.2) is 47.6 Å². The molecule has 1 fully saturated rings. The Balaban J connectivity index is 1.02. The highest BCUT2D eigenvalue weighted by atomic mass is 16.7. The fraction of sp³-hybridized carbons (Fsp3) is 0.458. The van der Waals surface area contributed by atoms with Crippen molar-refractivity contribution in [3.8, 4) is 11.5 Å². The molecule has 170 valence electrons. The molecule has 3 aromatic rings. The summed E-state index contributed by atoms with van der Waals surface area (Å²) in [5, 5.41) is 13.4. The molecule has 0 bridgehead atoms. The number of hydrogen-bond donors (Lipinski definition) is 3. The minimum atomic E-state index is -0.637. The standard InChI is InChI=1S/C24H29N3O5/c28-23(25-18-4-5-19-21(14-18)32-24(29)26-19)2-1-9-27-10-7-16(8-11-27)12-17-3-6-20-22(13-17)31-15-30-20/h3-6,13-14,16,23,25,28H,1-2,7-12,15H2,(H,26,29). The minimum Gasteiger partial charge on any atom is -0.454 e. The number of benzene rings is 2. The summed E-state index contributed by atoms with van der Waals surface area (Å²) in [6.07, 6.45) is 4.41. The number of aliphatic hydroxyl groups is 1. The average molecular weight is 440 g/mol. The average Bonchev–Trinajstić information content (AvgIpc) is 3.39. The Hall–Kier alpha value is -2.97. The van der Waals surface area contributed by atoms with Crippen LogP contribution in [0.1, 0.15) is 31.2 Å². The molecule has 32 heavy (non-hydrogen) atoms. The van der Waals surface area contributed by atoms with E-state index in [0.717, 1.165) is 49.7 Å². The molecule has 8 nitrogen and oxygen atoms in total. The van der Waals surface area contributed by atoms with E-state index < -0.39 is 12.0 Å². The first-order valence-electron chi connectivity index (χ1n) is 11.3. The van der Waals surface area contributed by atoms with Gasteiger partial charge >= 0.3 is 5.76 Å². The number of oxazole rings is 1. The number of fused-ring (bicyclic) bond motifs is 2. The molecular weight excluding hydrogens is 410 g/mol. The Labute approximate surface area is 186 Å². The lowest BCUT2D eigenvalue weighted by atomic mass is 9.90. The van der Waals surface area contributed by atoms with E-state index in [9.17, 15) is 9.90 Å². The number of H-pyrrole nitrogens is 1. The van der Waals surface area contributed by atoms with Crippen LogP contribution in [0.5, 0.6) is 11.5 Å². The first-order valence-corrected chi connectivity index (χ1v) is 11.3. The highest BCUT2D eigenvalue weighted by Gasteiger charge is 2.21. The topological polar surface area (TPSA) is 100.0 Å². The van der Waals surface area contributed by atoms with Crippen molar-refractivity contribution in [3.05, 3.63) is 52.5 Å². The van der Waals surface area contributed by atoms with Crippen molar-refractivity contribution in [2.45, 2.75) is 38.3 Å². The van der Waals surface area contributed by atoms with E-state index in [-0.39, 0.29) is 0 Å². The lowest BCUT2D eigenvalue weighted by molar-refractivity contribution is 0.156. The number of hydrogen-bond acceptors (Lipinski definition) is 7. The maximum absolute atomic E-state index is 11.3. The van der Waals surface area contributed by atoms with Gasteiger partial charge in [-0.25, -0.2) is 4.79 Å². The van der Waals surface area contributed by atoms with Crippen LogP contribution >= 0.6 is 0 Å². The third-order valence-corrected chi connectivity index (χ3v) is 6.37. The Morgan fingerprint density at radius 1 is 1.12 bits per heavy atom. The number of nitrogens with one attached hydrogen (secondary N) is 2. The second-order valence-corrected chi connectivity index (χ2v) is 8.70. The predicted molar refractivity (Wildman–Crippen MR) is 121 cm³/mol. The van der Waals surface area contributed by atoms with Crippen LogP contribution in [0.15, 0.2) is 45.6 Å². The van der Waals surface area contributed by atoms with Gasteiger partial charge < -0.3 is 29.2 Å². The molecule has 1 unspecified atom stereocenters. The summed E-state index contributed by atoms with van der Waals surface area (Å²) in [5.41, 5.74) is 3.18. The molecule has 8 heteroatoms. The van der Waals surface area contributed by atoms with Crippen molar-refractivity contribution in [1.29, 1.82) is 0 Å². The molecular formula is C24H29N3O5. The van der Waals surface area contributed by atoms with Gasteiger partial charge in [0.2, 0.25) is 6.79 Å². The van der Waals surface area contributed by atoms with Gasteiger partial charge in [0.1, 0.15) is 6.23 Å². The van der Waals surface area contributed by atoms with Gasteiger partial charge in [-0.3, -0.25) is 4.98 Å². The third-order valence-electron chi connectivity index (χ3n) is 6.37. The molecule has 2 aromatic carbocycles. The summed E-state index contributed by atoms with van der Waals surface area (Å²) in [5.74, 6) is 1.93. The van der Waals surface area contributed by atoms with Crippen molar-refractivity contribution in [2.75, 3.05) is 31.7 Å². The van der Waals surface area contributed by atoms with Crippen LogP contribution in [0.3, 0.4) is 0 Å². The molecule has 3 N–H and O–H groups in total. The Morgan fingerprint density at radius 3 is 2.84 bits per heavy atom. The number of piperidine rings is 1. The molecule has 3 heterocycles. The SMILES string of the molecule is O=c1[nH]c2ccc(NC(O)CCCN3CCC(Cc4ccc5c(c4)OCO5)CC3)cc2o1. The van der Waals surface area contributed by atoms with Crippen LogP contribution in [-0.2, 0) is 6.42 Å². The fourth-order valence-corrected chi connectivity index (χ4v) is 4.62. The van der Waals surface area contributed by atoms with Crippen molar-refractivity contribution < 1.29 is 19.0 Å². The maximum atomic E-state index is 11.3. The highest BCUT2D eigenvalue weighted by molar-refractivity contribution is 5.76. The first kappa shape index (κ1) is 20.9. The summed E-state index contributed by atoms with van der Waals surface area (Å²) < 4.78 is 16.0. The lowest BCUT2D eigenvalue weighted by Crippen LogP contribution is -2.35. The van der Waals surface area contributed by atoms with Crippen molar-refractivity contribution >= 4 is 16.8 Å². The van der Waals surface area contributed by atoms with E-state index in [0.29, 0.717) is 30.2 Å². The minimum absolute atomic E-state index is 0.321. The number of anilines is 1. The fourth-order valence-electron chi connectivity index (χ4n) is 4.62. The molecule has 0 radical (unpaired) electrons. The van der Waals surface area contributed by atoms with Gasteiger partial charge in [-0.2, -0.15) is 0 Å². The zero-order chi connectivity index (χ0) is 21.9. The van der Waals surface area contributed by atoms with Crippen LogP contribution in [0, 0.1) is 5.92 Å². The van der Waals surface area contributed by atoms with E-state index in [4.69, 9.17) is 13.9 Å². The largest absolute Gasteiger partial charge is 0.454 e. The Morgan fingerprint density at radius 2 is 1.97 bits per heavy atom. The molecule has 2 aliphatic heterocycles. The summed E-state index contributed by atoms with van der Waals surface area (Å²) in [7, 11) is 0. The van der Waals surface area contributed by atoms with Gasteiger partial charge in [-0.05, 0) is 87.5 Å². The van der Waals surface area contributed by atoms with Gasteiger partial charge in [0, 0.05) is 11.8 Å². The normalized spacial score (nSPS) is 17.7. The van der Waals surface area contributed by atoms with Crippen LogP contribution in [0.25, 0.3) is 11.1 Å². The van der Waals surface area contributed by atoms with Gasteiger partial charge in [-0.15, -0.1) is 0 Å². The molecule has 2 aliphatic rings. The van der Waals surface area contributed by atoms with Crippen LogP contribution in [0.2, 0.25) is 0 Å². The van der Waals surface area contributed by atoms with E-state index >= 15 is 0 Å². The monoisotopic (exact) mass is 439 g/mol. The third kappa shape index (κ3) is 4.92. The molecule has 1 saturated heterocycles. The summed E-state index contributed by atoms with van der Waals surface area (Å²) in [6, 6.07) is 11.6. The van der Waals surface area contributed by atoms with Gasteiger partial charge in [0.15, 0.2) is 17.1 Å². The van der Waals surface area contributed by atoms with Gasteiger partial charge in [0.05, 0.1) is 5.52 Å². The van der Waals surface area contributed by atoms with E-state index in [1.807, 2.05) is 12.1 Å². The predicted octanol–water partition coefficient (Wildman–Crippen LogP) is 3.32. The van der Waals surface area contributed by atoms with E-state index in [1.165, 1.54) is 18.4 Å². The number of aliphatic hydroxyl groups excluding tert-OH is 1. The van der Waals surface area contributed by atoms with E-state index in [1.54, 1.807) is 12.1 Å². The van der Waals surface area contributed by atoms with Crippen molar-refractivity contribution in [2.24, 2.45) is 5.92 Å². The lowest BCUT2D eigenvalue weighted by Gasteiger charge is -2.32. The zero-order valence-electron chi connectivity index (χ0n) is 18.0. The first-order chi connectivity index (χ1) is 15.6. The van der Waals surface area contributed by atoms with Crippen molar-refractivity contribution in [1.82, 2.24) is 9.88 Å². The molecule has 0 spiro atoms. The Kier molecular flexibility index (Phi) is 6.05. The second-order valence-electron chi connectivity index (χ2n) is 8.70. The number of rotatable bonds is 8.